The quantitative estimate of drug-likeness (QED) is 0.672. The molecule has 0 aromatic heterocycles. The van der Waals surface area contributed by atoms with E-state index in [2.05, 4.69) is 6.58 Å². The molecule has 0 spiro atoms. The lowest BCUT2D eigenvalue weighted by Gasteiger charge is -2.20. The average Bonchev–Trinajstić information content (AvgIpc) is 2.36. The molecule has 1 aromatic rings. The van der Waals surface area contributed by atoms with Crippen LogP contribution in [0, 0.1) is 5.82 Å². The van der Waals surface area contributed by atoms with Gasteiger partial charge in [0.1, 0.15) is 12.4 Å². The van der Waals surface area contributed by atoms with E-state index in [-0.39, 0.29) is 6.54 Å². The molecule has 0 fully saturated rings. The molecule has 0 aliphatic heterocycles. The molecule has 0 saturated carbocycles. The van der Waals surface area contributed by atoms with E-state index in [1.54, 1.807) is 0 Å². The molecule has 0 radical (unpaired) electrons. The molecule has 1 N–H and O–H groups in total. The van der Waals surface area contributed by atoms with Gasteiger partial charge in [-0.25, -0.2) is 4.39 Å². The number of halogens is 4. The first-order valence-electron chi connectivity index (χ1n) is 5.66. The van der Waals surface area contributed by atoms with Crippen LogP contribution in [0.4, 0.5) is 17.6 Å². The number of carboxylic acids is 1. The van der Waals surface area contributed by atoms with Crippen LogP contribution in [0.2, 0.25) is 0 Å². The predicted octanol–water partition coefficient (Wildman–Crippen LogP) is 2.56. The molecule has 0 unspecified atom stereocenters. The number of rotatable bonds is 5. The van der Waals surface area contributed by atoms with Crippen LogP contribution >= 0.6 is 0 Å². The maximum Gasteiger partial charge on any atom is 0.419 e. The Kier molecular flexibility index (Phi) is 5.07. The number of amides is 1. The third kappa shape index (κ3) is 4.04. The van der Waals surface area contributed by atoms with Crippen LogP contribution in [-0.4, -0.2) is 35.0 Å². The van der Waals surface area contributed by atoms with Crippen molar-refractivity contribution in [3.63, 3.8) is 0 Å². The fraction of sp³-hybridized carbons (Fsp3) is 0.231. The molecule has 114 valence electrons. The van der Waals surface area contributed by atoms with E-state index in [4.69, 9.17) is 5.11 Å². The number of aliphatic carboxylic acids is 1. The fourth-order valence-electron chi connectivity index (χ4n) is 1.62. The van der Waals surface area contributed by atoms with Gasteiger partial charge in [0.15, 0.2) is 0 Å². The second-order valence-electron chi connectivity index (χ2n) is 4.03. The van der Waals surface area contributed by atoms with Crippen molar-refractivity contribution in [1.82, 2.24) is 4.90 Å². The van der Waals surface area contributed by atoms with Gasteiger partial charge in [-0.3, -0.25) is 9.59 Å². The van der Waals surface area contributed by atoms with Crippen molar-refractivity contribution >= 4 is 11.9 Å². The first-order chi connectivity index (χ1) is 9.68. The number of carbonyl (C=O) groups is 2. The summed E-state index contributed by atoms with van der Waals surface area (Å²) in [6.07, 6.45) is -3.76. The Morgan fingerprint density at radius 1 is 1.33 bits per heavy atom. The zero-order valence-electron chi connectivity index (χ0n) is 10.7. The Bertz CT molecular complexity index is 569. The number of benzene rings is 1. The number of hydrogen-bond donors (Lipinski definition) is 1. The Morgan fingerprint density at radius 3 is 2.43 bits per heavy atom. The maximum absolute atomic E-state index is 13.8. The molecule has 8 heteroatoms. The van der Waals surface area contributed by atoms with Crippen molar-refractivity contribution in [2.75, 3.05) is 13.1 Å². The van der Waals surface area contributed by atoms with Crippen LogP contribution in [0.15, 0.2) is 30.9 Å². The first kappa shape index (κ1) is 16.7. The topological polar surface area (TPSA) is 57.6 Å². The third-order valence-corrected chi connectivity index (χ3v) is 2.50. The molecule has 1 amide bonds. The van der Waals surface area contributed by atoms with Gasteiger partial charge in [0.05, 0.1) is 11.1 Å². The van der Waals surface area contributed by atoms with E-state index in [0.29, 0.717) is 11.0 Å². The van der Waals surface area contributed by atoms with Crippen LogP contribution in [-0.2, 0) is 11.0 Å². The highest BCUT2D eigenvalue weighted by Crippen LogP contribution is 2.32. The number of alkyl halides is 3. The van der Waals surface area contributed by atoms with Gasteiger partial charge in [0, 0.05) is 6.54 Å². The highest BCUT2D eigenvalue weighted by atomic mass is 19.4. The summed E-state index contributed by atoms with van der Waals surface area (Å²) in [7, 11) is 0. The predicted molar refractivity (Wildman–Crippen MR) is 65.1 cm³/mol. The highest BCUT2D eigenvalue weighted by molar-refractivity contribution is 5.96. The largest absolute Gasteiger partial charge is 0.480 e. The van der Waals surface area contributed by atoms with Gasteiger partial charge in [0.25, 0.3) is 5.91 Å². The van der Waals surface area contributed by atoms with E-state index in [1.807, 2.05) is 0 Å². The lowest BCUT2D eigenvalue weighted by atomic mass is 10.1. The van der Waals surface area contributed by atoms with Gasteiger partial charge in [0.2, 0.25) is 0 Å². The summed E-state index contributed by atoms with van der Waals surface area (Å²) in [6.45, 7) is 2.29. The van der Waals surface area contributed by atoms with Crippen molar-refractivity contribution in [1.29, 1.82) is 0 Å². The number of nitrogens with zero attached hydrogens (tertiary/aromatic N) is 1. The van der Waals surface area contributed by atoms with Crippen molar-refractivity contribution in [2.45, 2.75) is 6.18 Å². The van der Waals surface area contributed by atoms with Crippen LogP contribution in [0.5, 0.6) is 0 Å². The molecule has 1 rings (SSSR count). The van der Waals surface area contributed by atoms with Crippen LogP contribution in [0.3, 0.4) is 0 Å². The van der Waals surface area contributed by atoms with Crippen molar-refractivity contribution in [2.24, 2.45) is 0 Å². The van der Waals surface area contributed by atoms with Gasteiger partial charge < -0.3 is 10.0 Å². The number of carbonyl (C=O) groups excluding carboxylic acids is 1. The van der Waals surface area contributed by atoms with Gasteiger partial charge in [-0.15, -0.1) is 6.58 Å². The smallest absolute Gasteiger partial charge is 0.419 e. The third-order valence-electron chi connectivity index (χ3n) is 2.50. The van der Waals surface area contributed by atoms with E-state index < -0.39 is 41.5 Å². The summed E-state index contributed by atoms with van der Waals surface area (Å²) in [5.74, 6) is -4.26. The summed E-state index contributed by atoms with van der Waals surface area (Å²) in [4.78, 5) is 23.3. The monoisotopic (exact) mass is 305 g/mol. The van der Waals surface area contributed by atoms with Crippen molar-refractivity contribution in [3.8, 4) is 0 Å². The summed E-state index contributed by atoms with van der Waals surface area (Å²) in [5.41, 5.74) is -2.42. The average molecular weight is 305 g/mol. The summed E-state index contributed by atoms with van der Waals surface area (Å²) >= 11 is 0. The second kappa shape index (κ2) is 6.38. The molecule has 0 atom stereocenters. The zero-order valence-corrected chi connectivity index (χ0v) is 10.7. The van der Waals surface area contributed by atoms with Gasteiger partial charge in [-0.05, 0) is 12.1 Å². The minimum atomic E-state index is -4.95. The first-order valence-corrected chi connectivity index (χ1v) is 5.66. The summed E-state index contributed by atoms with van der Waals surface area (Å²) in [5, 5.41) is 8.66. The molecule has 1 aromatic carbocycles. The Hall–Kier alpha value is -2.38. The van der Waals surface area contributed by atoms with Crippen LogP contribution in [0.1, 0.15) is 15.9 Å². The molecule has 0 heterocycles. The molecule has 0 aliphatic rings. The summed E-state index contributed by atoms with van der Waals surface area (Å²) in [6, 6.07) is 2.25. The molecule has 0 aliphatic carbocycles. The number of carboxylic acid groups (broad SMARTS) is 1. The van der Waals surface area contributed by atoms with Crippen LogP contribution in [0.25, 0.3) is 0 Å². The van der Waals surface area contributed by atoms with Gasteiger partial charge in [-0.1, -0.05) is 12.1 Å². The Labute approximate surface area is 117 Å². The van der Waals surface area contributed by atoms with Crippen molar-refractivity contribution < 1.29 is 32.3 Å². The maximum atomic E-state index is 13.8. The van der Waals surface area contributed by atoms with Gasteiger partial charge in [-0.2, -0.15) is 13.2 Å². The van der Waals surface area contributed by atoms with Gasteiger partial charge >= 0.3 is 12.1 Å². The highest BCUT2D eigenvalue weighted by Gasteiger charge is 2.36. The Morgan fingerprint density at radius 2 is 1.95 bits per heavy atom. The number of hydrogen-bond acceptors (Lipinski definition) is 2. The normalized spacial score (nSPS) is 11.0. The molecule has 0 bridgehead atoms. The Balaban J connectivity index is 3.22. The molecule has 21 heavy (non-hydrogen) atoms. The summed E-state index contributed by atoms with van der Waals surface area (Å²) < 4.78 is 51.5. The van der Waals surface area contributed by atoms with Crippen molar-refractivity contribution in [3.05, 3.63) is 47.8 Å². The van der Waals surface area contributed by atoms with E-state index >= 15 is 0 Å². The van der Waals surface area contributed by atoms with E-state index in [9.17, 15) is 27.2 Å². The molecular weight excluding hydrogens is 294 g/mol. The molecular formula is C13H11F4NO3. The minimum Gasteiger partial charge on any atom is -0.480 e. The standard InChI is InChI=1S/C13H11F4NO3/c1-2-6-18(7-10(19)20)12(21)8-4-3-5-9(11(8)14)13(15,16)17/h2-5H,1,6-7H2,(H,19,20). The molecule has 0 saturated heterocycles. The SMILES string of the molecule is C=CCN(CC(=O)O)C(=O)c1cccc(C(F)(F)F)c1F. The fourth-order valence-corrected chi connectivity index (χ4v) is 1.62. The lowest BCUT2D eigenvalue weighted by molar-refractivity contribution is -0.140. The second-order valence-corrected chi connectivity index (χ2v) is 4.03. The lowest BCUT2D eigenvalue weighted by Crippen LogP contribution is -2.36. The minimum absolute atomic E-state index is 0.235. The van der Waals surface area contributed by atoms with E-state index in [0.717, 1.165) is 12.1 Å². The zero-order chi connectivity index (χ0) is 16.2. The van der Waals surface area contributed by atoms with Crippen LogP contribution < -0.4 is 0 Å². The molecule has 4 nitrogen and oxygen atoms in total. The van der Waals surface area contributed by atoms with E-state index in [1.165, 1.54) is 6.08 Å².